The highest BCUT2D eigenvalue weighted by atomic mass is 19.1. The second-order valence-electron chi connectivity index (χ2n) is 6.92. The van der Waals surface area contributed by atoms with Crippen molar-refractivity contribution in [2.24, 2.45) is 0 Å². The summed E-state index contributed by atoms with van der Waals surface area (Å²) in [7, 11) is 0. The maximum absolute atomic E-state index is 12.9. The molecule has 2 aromatic carbocycles. The van der Waals surface area contributed by atoms with E-state index in [0.29, 0.717) is 18.4 Å². The van der Waals surface area contributed by atoms with Crippen molar-refractivity contribution in [1.82, 2.24) is 9.80 Å². The number of rotatable bonds is 7. The van der Waals surface area contributed by atoms with E-state index in [-0.39, 0.29) is 17.5 Å². The highest BCUT2D eigenvalue weighted by Crippen LogP contribution is 2.10. The van der Waals surface area contributed by atoms with Crippen LogP contribution in [0.1, 0.15) is 28.8 Å². The average Bonchev–Trinajstić information content (AvgIpc) is 2.69. The molecule has 2 aromatic rings. The Morgan fingerprint density at radius 2 is 1.56 bits per heavy atom. The molecule has 1 fully saturated rings. The molecule has 5 heteroatoms. The highest BCUT2D eigenvalue weighted by Gasteiger charge is 2.21. The van der Waals surface area contributed by atoms with Gasteiger partial charge in [0.1, 0.15) is 5.82 Å². The van der Waals surface area contributed by atoms with E-state index in [0.717, 1.165) is 44.7 Å². The number of carbonyl (C=O) groups is 2. The van der Waals surface area contributed by atoms with Crippen LogP contribution >= 0.6 is 0 Å². The molecule has 1 saturated heterocycles. The second kappa shape index (κ2) is 9.42. The number of carbonyl (C=O) groups excluding carboxylic acids is 2. The number of hydrogen-bond acceptors (Lipinski definition) is 3. The zero-order valence-corrected chi connectivity index (χ0v) is 15.4. The minimum Gasteiger partial charge on any atom is -0.340 e. The largest absolute Gasteiger partial charge is 0.340 e. The van der Waals surface area contributed by atoms with Gasteiger partial charge in [0.2, 0.25) is 5.91 Å². The van der Waals surface area contributed by atoms with Crippen LogP contribution in [0.5, 0.6) is 0 Å². The van der Waals surface area contributed by atoms with E-state index in [2.05, 4.69) is 4.90 Å². The lowest BCUT2D eigenvalue weighted by Crippen LogP contribution is -2.49. The first kappa shape index (κ1) is 19.2. The summed E-state index contributed by atoms with van der Waals surface area (Å²) in [5.41, 5.74) is 1.61. The summed E-state index contributed by atoms with van der Waals surface area (Å²) >= 11 is 0. The molecule has 3 rings (SSSR count). The summed E-state index contributed by atoms with van der Waals surface area (Å²) in [4.78, 5) is 28.7. The molecule has 0 N–H and O–H groups in total. The first-order valence-corrected chi connectivity index (χ1v) is 9.44. The minimum atomic E-state index is -0.328. The van der Waals surface area contributed by atoms with Crippen LogP contribution < -0.4 is 0 Å². The first-order chi connectivity index (χ1) is 13.1. The number of nitrogens with zero attached hydrogens (tertiary/aromatic N) is 2. The summed E-state index contributed by atoms with van der Waals surface area (Å²) in [5, 5.41) is 0. The Balaban J connectivity index is 1.36. The zero-order valence-electron chi connectivity index (χ0n) is 15.4. The van der Waals surface area contributed by atoms with Gasteiger partial charge in [-0.2, -0.15) is 0 Å². The lowest BCUT2D eigenvalue weighted by molar-refractivity contribution is -0.132. The topological polar surface area (TPSA) is 40.6 Å². The summed E-state index contributed by atoms with van der Waals surface area (Å²) in [6, 6.07) is 15.5. The van der Waals surface area contributed by atoms with Crippen molar-refractivity contribution in [2.45, 2.75) is 19.3 Å². The van der Waals surface area contributed by atoms with Gasteiger partial charge in [0.25, 0.3) is 0 Å². The lowest BCUT2D eigenvalue weighted by atomic mass is 10.1. The fraction of sp³-hybridized carbons (Fsp3) is 0.364. The van der Waals surface area contributed by atoms with Gasteiger partial charge >= 0.3 is 0 Å². The summed E-state index contributed by atoms with van der Waals surface area (Å²) in [6.07, 6.45) is 1.68. The Morgan fingerprint density at radius 1 is 0.889 bits per heavy atom. The quantitative estimate of drug-likeness (QED) is 0.705. The van der Waals surface area contributed by atoms with E-state index in [1.807, 2.05) is 35.2 Å². The molecule has 27 heavy (non-hydrogen) atoms. The molecule has 0 spiro atoms. The number of halogens is 1. The number of ketones is 1. The smallest absolute Gasteiger partial charge is 0.227 e. The molecule has 0 unspecified atom stereocenters. The van der Waals surface area contributed by atoms with Gasteiger partial charge in [-0.25, -0.2) is 4.39 Å². The number of benzene rings is 2. The Labute approximate surface area is 159 Å². The van der Waals surface area contributed by atoms with Crippen molar-refractivity contribution in [3.05, 3.63) is 71.5 Å². The van der Waals surface area contributed by atoms with Crippen LogP contribution in [0.3, 0.4) is 0 Å². The van der Waals surface area contributed by atoms with Crippen LogP contribution in [0.15, 0.2) is 54.6 Å². The van der Waals surface area contributed by atoms with Crippen molar-refractivity contribution in [2.75, 3.05) is 32.7 Å². The molecule has 0 radical (unpaired) electrons. The van der Waals surface area contributed by atoms with E-state index in [4.69, 9.17) is 0 Å². The van der Waals surface area contributed by atoms with Crippen molar-refractivity contribution < 1.29 is 14.0 Å². The maximum Gasteiger partial charge on any atom is 0.227 e. The molecule has 1 aliphatic heterocycles. The molecular weight excluding hydrogens is 343 g/mol. The monoisotopic (exact) mass is 368 g/mol. The van der Waals surface area contributed by atoms with E-state index in [1.165, 1.54) is 24.3 Å². The fourth-order valence-electron chi connectivity index (χ4n) is 3.35. The third-order valence-corrected chi connectivity index (χ3v) is 4.97. The molecule has 142 valence electrons. The maximum atomic E-state index is 12.9. The number of hydrogen-bond donors (Lipinski definition) is 0. The van der Waals surface area contributed by atoms with E-state index in [1.54, 1.807) is 0 Å². The predicted molar refractivity (Wildman–Crippen MR) is 103 cm³/mol. The van der Waals surface area contributed by atoms with Crippen LogP contribution in [-0.4, -0.2) is 54.2 Å². The van der Waals surface area contributed by atoms with E-state index in [9.17, 15) is 14.0 Å². The second-order valence-corrected chi connectivity index (χ2v) is 6.92. The van der Waals surface area contributed by atoms with Gasteiger partial charge < -0.3 is 4.90 Å². The van der Waals surface area contributed by atoms with Gasteiger partial charge in [0.05, 0.1) is 6.42 Å². The third kappa shape index (κ3) is 5.73. The number of amides is 1. The van der Waals surface area contributed by atoms with Gasteiger partial charge in [-0.15, -0.1) is 0 Å². The normalized spacial score (nSPS) is 14.9. The SMILES string of the molecule is O=C(CCCN1CCN(C(=O)Cc2ccccc2)CC1)c1ccc(F)cc1. The molecule has 1 aliphatic rings. The molecule has 0 saturated carbocycles. The zero-order chi connectivity index (χ0) is 19.1. The Bertz CT molecular complexity index is 754. The van der Waals surface area contributed by atoms with Crippen LogP contribution in [0.25, 0.3) is 0 Å². The number of piperazine rings is 1. The van der Waals surface area contributed by atoms with Gasteiger partial charge in [-0.3, -0.25) is 14.5 Å². The van der Waals surface area contributed by atoms with Crippen LogP contribution in [0.2, 0.25) is 0 Å². The van der Waals surface area contributed by atoms with Gasteiger partial charge in [0, 0.05) is 38.2 Å². The summed E-state index contributed by atoms with van der Waals surface area (Å²) in [6.45, 7) is 3.99. The molecule has 0 aromatic heterocycles. The van der Waals surface area contributed by atoms with Gasteiger partial charge in [0.15, 0.2) is 5.78 Å². The Hall–Kier alpha value is -2.53. The fourth-order valence-corrected chi connectivity index (χ4v) is 3.35. The van der Waals surface area contributed by atoms with Crippen molar-refractivity contribution >= 4 is 11.7 Å². The van der Waals surface area contributed by atoms with Crippen LogP contribution in [0.4, 0.5) is 4.39 Å². The average molecular weight is 368 g/mol. The van der Waals surface area contributed by atoms with Crippen LogP contribution in [-0.2, 0) is 11.2 Å². The molecule has 4 nitrogen and oxygen atoms in total. The minimum absolute atomic E-state index is 0.0478. The Morgan fingerprint density at radius 3 is 2.22 bits per heavy atom. The summed E-state index contributed by atoms with van der Waals surface area (Å²) < 4.78 is 12.9. The van der Waals surface area contributed by atoms with Crippen LogP contribution in [0, 0.1) is 5.82 Å². The molecule has 0 aliphatic carbocycles. The summed E-state index contributed by atoms with van der Waals surface area (Å²) in [5.74, 6) is -0.106. The lowest BCUT2D eigenvalue weighted by Gasteiger charge is -2.34. The highest BCUT2D eigenvalue weighted by molar-refractivity contribution is 5.95. The molecule has 1 heterocycles. The Kier molecular flexibility index (Phi) is 6.71. The van der Waals surface area contributed by atoms with E-state index < -0.39 is 0 Å². The third-order valence-electron chi connectivity index (χ3n) is 4.97. The molecule has 0 atom stereocenters. The van der Waals surface area contributed by atoms with Crippen molar-refractivity contribution in [3.8, 4) is 0 Å². The molecule has 0 bridgehead atoms. The first-order valence-electron chi connectivity index (χ1n) is 9.44. The molecule has 1 amide bonds. The molecular formula is C22H25FN2O2. The van der Waals surface area contributed by atoms with Gasteiger partial charge in [-0.05, 0) is 42.8 Å². The standard InChI is InChI=1S/C22H25FN2O2/c23-20-10-8-19(9-11-20)21(26)7-4-12-24-13-15-25(16-14-24)22(27)17-18-5-2-1-3-6-18/h1-3,5-6,8-11H,4,7,12-17H2. The van der Waals surface area contributed by atoms with Gasteiger partial charge in [-0.1, -0.05) is 30.3 Å². The predicted octanol–water partition coefficient (Wildman–Crippen LogP) is 3.18. The van der Waals surface area contributed by atoms with Crippen molar-refractivity contribution in [3.63, 3.8) is 0 Å². The number of Topliss-reactive ketones (excluding diaryl/α,β-unsaturated/α-hetero) is 1. The van der Waals surface area contributed by atoms with Crippen molar-refractivity contribution in [1.29, 1.82) is 0 Å². The van der Waals surface area contributed by atoms with E-state index >= 15 is 0 Å².